The standard InChI is InChI=1S/C18H15BrFN/c19-12-4-1-3-11(9-12)18-15-6-2-5-14(15)16-10-13(20)7-8-17(16)21-18/h1-5,7-10,14-15,18,21H,6H2/t14-,15+,18+/m1/s1. The summed E-state index contributed by atoms with van der Waals surface area (Å²) in [6, 6.07) is 13.8. The Balaban J connectivity index is 1.80. The number of rotatable bonds is 1. The van der Waals surface area contributed by atoms with Crippen molar-refractivity contribution in [3.63, 3.8) is 0 Å². The van der Waals surface area contributed by atoms with Crippen LogP contribution in [0.25, 0.3) is 0 Å². The van der Waals surface area contributed by atoms with Crippen LogP contribution in [0.15, 0.2) is 59.1 Å². The summed E-state index contributed by atoms with van der Waals surface area (Å²) >= 11 is 3.55. The minimum Gasteiger partial charge on any atom is -0.378 e. The van der Waals surface area contributed by atoms with E-state index in [1.54, 1.807) is 6.07 Å². The van der Waals surface area contributed by atoms with Gasteiger partial charge in [-0.05, 0) is 53.8 Å². The molecule has 2 aromatic rings. The Hall–Kier alpha value is -1.61. The van der Waals surface area contributed by atoms with E-state index in [1.807, 2.05) is 12.1 Å². The molecule has 2 aliphatic rings. The molecule has 0 spiro atoms. The van der Waals surface area contributed by atoms with Crippen LogP contribution in [0.3, 0.4) is 0 Å². The number of nitrogens with one attached hydrogen (secondary N) is 1. The van der Waals surface area contributed by atoms with Gasteiger partial charge in [0.1, 0.15) is 5.82 Å². The average Bonchev–Trinajstić information content (AvgIpc) is 2.96. The van der Waals surface area contributed by atoms with E-state index in [-0.39, 0.29) is 11.9 Å². The molecule has 0 unspecified atom stereocenters. The number of hydrogen-bond donors (Lipinski definition) is 1. The van der Waals surface area contributed by atoms with Gasteiger partial charge < -0.3 is 5.32 Å². The van der Waals surface area contributed by atoms with Crippen LogP contribution in [0, 0.1) is 11.7 Å². The van der Waals surface area contributed by atoms with Crippen molar-refractivity contribution < 1.29 is 4.39 Å². The van der Waals surface area contributed by atoms with Crippen LogP contribution >= 0.6 is 15.9 Å². The van der Waals surface area contributed by atoms with Crippen LogP contribution in [0.1, 0.15) is 29.5 Å². The van der Waals surface area contributed by atoms with E-state index in [1.165, 1.54) is 11.6 Å². The first-order valence-corrected chi connectivity index (χ1v) is 8.00. The molecule has 1 aliphatic carbocycles. The van der Waals surface area contributed by atoms with Crippen LogP contribution < -0.4 is 5.32 Å². The molecular weight excluding hydrogens is 329 g/mol. The Kier molecular flexibility index (Phi) is 3.11. The molecule has 3 atom stereocenters. The maximum Gasteiger partial charge on any atom is 0.123 e. The topological polar surface area (TPSA) is 12.0 Å². The summed E-state index contributed by atoms with van der Waals surface area (Å²) in [5, 5.41) is 3.61. The second kappa shape index (κ2) is 4.99. The highest BCUT2D eigenvalue weighted by Gasteiger charge is 2.37. The van der Waals surface area contributed by atoms with E-state index in [4.69, 9.17) is 0 Å². The third-order valence-electron chi connectivity index (χ3n) is 4.53. The molecule has 1 aliphatic heterocycles. The van der Waals surface area contributed by atoms with E-state index in [2.05, 4.69) is 51.6 Å². The van der Waals surface area contributed by atoms with Gasteiger partial charge >= 0.3 is 0 Å². The smallest absolute Gasteiger partial charge is 0.123 e. The van der Waals surface area contributed by atoms with Gasteiger partial charge in [0.05, 0.1) is 6.04 Å². The van der Waals surface area contributed by atoms with Crippen LogP contribution in [0.5, 0.6) is 0 Å². The summed E-state index contributed by atoms with van der Waals surface area (Å²) < 4.78 is 14.7. The lowest BCUT2D eigenvalue weighted by atomic mass is 9.77. The van der Waals surface area contributed by atoms with Crippen LogP contribution in [-0.2, 0) is 0 Å². The molecule has 21 heavy (non-hydrogen) atoms. The van der Waals surface area contributed by atoms with Crippen molar-refractivity contribution in [2.75, 3.05) is 5.32 Å². The molecule has 106 valence electrons. The number of halogens is 2. The lowest BCUT2D eigenvalue weighted by Gasteiger charge is -2.37. The second-order valence-corrected chi connectivity index (χ2v) is 6.68. The highest BCUT2D eigenvalue weighted by atomic mass is 79.9. The molecule has 0 fully saturated rings. The quantitative estimate of drug-likeness (QED) is 0.682. The number of hydrogen-bond acceptors (Lipinski definition) is 1. The van der Waals surface area contributed by atoms with E-state index >= 15 is 0 Å². The summed E-state index contributed by atoms with van der Waals surface area (Å²) in [6.07, 6.45) is 5.49. The molecule has 0 amide bonds. The summed E-state index contributed by atoms with van der Waals surface area (Å²) in [4.78, 5) is 0. The molecule has 0 aromatic heterocycles. The summed E-state index contributed by atoms with van der Waals surface area (Å²) in [5.41, 5.74) is 3.41. The SMILES string of the molecule is Fc1ccc2c(c1)[C@@H]1C=CC[C@@H]1[C@H](c1cccc(Br)c1)N2. The van der Waals surface area contributed by atoms with Gasteiger partial charge in [0.25, 0.3) is 0 Å². The van der Waals surface area contributed by atoms with Gasteiger partial charge in [-0.25, -0.2) is 4.39 Å². The Morgan fingerprint density at radius 1 is 1.14 bits per heavy atom. The zero-order valence-electron chi connectivity index (χ0n) is 11.4. The predicted molar refractivity (Wildman–Crippen MR) is 86.9 cm³/mol. The second-order valence-electron chi connectivity index (χ2n) is 5.76. The largest absolute Gasteiger partial charge is 0.378 e. The van der Waals surface area contributed by atoms with E-state index in [0.29, 0.717) is 11.8 Å². The lowest BCUT2D eigenvalue weighted by Crippen LogP contribution is -2.29. The normalized spacial score (nSPS) is 26.1. The summed E-state index contributed by atoms with van der Waals surface area (Å²) in [6.45, 7) is 0. The first-order chi connectivity index (χ1) is 10.2. The Morgan fingerprint density at radius 2 is 2.05 bits per heavy atom. The third-order valence-corrected chi connectivity index (χ3v) is 5.03. The van der Waals surface area contributed by atoms with Gasteiger partial charge in [0, 0.05) is 16.1 Å². The van der Waals surface area contributed by atoms with Crippen LogP contribution in [0.2, 0.25) is 0 Å². The van der Waals surface area contributed by atoms with Gasteiger partial charge in [0.2, 0.25) is 0 Å². The fraction of sp³-hybridized carbons (Fsp3) is 0.222. The van der Waals surface area contributed by atoms with E-state index < -0.39 is 0 Å². The van der Waals surface area contributed by atoms with Gasteiger partial charge in [-0.1, -0.05) is 40.2 Å². The molecule has 4 rings (SSSR count). The number of allylic oxidation sites excluding steroid dienone is 2. The lowest BCUT2D eigenvalue weighted by molar-refractivity contribution is 0.424. The fourth-order valence-electron chi connectivity index (χ4n) is 3.60. The predicted octanol–water partition coefficient (Wildman–Crippen LogP) is 5.41. The average molecular weight is 344 g/mol. The maximum absolute atomic E-state index is 13.6. The first kappa shape index (κ1) is 13.1. The molecule has 3 heteroatoms. The van der Waals surface area contributed by atoms with Gasteiger partial charge in [-0.2, -0.15) is 0 Å². The van der Waals surface area contributed by atoms with Crippen molar-refractivity contribution >= 4 is 21.6 Å². The maximum atomic E-state index is 13.6. The van der Waals surface area contributed by atoms with Crippen LogP contribution in [0.4, 0.5) is 10.1 Å². The van der Waals surface area contributed by atoms with Gasteiger partial charge in [-0.15, -0.1) is 0 Å². The molecule has 0 radical (unpaired) electrons. The summed E-state index contributed by atoms with van der Waals surface area (Å²) in [7, 11) is 0. The number of fused-ring (bicyclic) bond motifs is 3. The van der Waals surface area contributed by atoms with Crippen molar-refractivity contribution in [3.8, 4) is 0 Å². The van der Waals surface area contributed by atoms with E-state index in [0.717, 1.165) is 22.1 Å². The minimum atomic E-state index is -0.157. The molecule has 0 saturated carbocycles. The van der Waals surface area contributed by atoms with Crippen molar-refractivity contribution in [2.45, 2.75) is 18.4 Å². The highest BCUT2D eigenvalue weighted by Crippen LogP contribution is 2.49. The monoisotopic (exact) mass is 343 g/mol. The van der Waals surface area contributed by atoms with Crippen LogP contribution in [-0.4, -0.2) is 0 Å². The molecule has 2 aromatic carbocycles. The van der Waals surface area contributed by atoms with Crippen molar-refractivity contribution in [3.05, 3.63) is 76.0 Å². The third kappa shape index (κ3) is 2.20. The zero-order chi connectivity index (χ0) is 14.4. The van der Waals surface area contributed by atoms with Crippen molar-refractivity contribution in [2.24, 2.45) is 5.92 Å². The molecule has 0 saturated heterocycles. The number of anilines is 1. The molecular formula is C18H15BrFN. The Labute approximate surface area is 132 Å². The highest BCUT2D eigenvalue weighted by molar-refractivity contribution is 9.10. The first-order valence-electron chi connectivity index (χ1n) is 7.20. The van der Waals surface area contributed by atoms with Gasteiger partial charge in [0.15, 0.2) is 0 Å². The minimum absolute atomic E-state index is 0.157. The molecule has 0 bridgehead atoms. The molecule has 1 N–H and O–H groups in total. The van der Waals surface area contributed by atoms with Crippen molar-refractivity contribution in [1.29, 1.82) is 0 Å². The zero-order valence-corrected chi connectivity index (χ0v) is 13.0. The van der Waals surface area contributed by atoms with Crippen molar-refractivity contribution in [1.82, 2.24) is 0 Å². The Bertz CT molecular complexity index is 725. The van der Waals surface area contributed by atoms with Gasteiger partial charge in [-0.3, -0.25) is 0 Å². The molecule has 1 nitrogen and oxygen atoms in total. The summed E-state index contributed by atoms with van der Waals surface area (Å²) in [5.74, 6) is 0.602. The molecule has 1 heterocycles. The fourth-order valence-corrected chi connectivity index (χ4v) is 4.01. The Morgan fingerprint density at radius 3 is 2.90 bits per heavy atom. The van der Waals surface area contributed by atoms with E-state index in [9.17, 15) is 4.39 Å². The number of benzene rings is 2.